The Hall–Kier alpha value is -4.15. The molecule has 30 heavy (non-hydrogen) atoms. The first kappa shape index (κ1) is 20.6. The fraction of sp³-hybridized carbons (Fsp3) is 0.211. The van der Waals surface area contributed by atoms with E-state index in [4.69, 9.17) is 0 Å². The van der Waals surface area contributed by atoms with Crippen LogP contribution in [0.2, 0.25) is 0 Å². The molecule has 0 aliphatic carbocycles. The fourth-order valence-electron chi connectivity index (χ4n) is 3.04. The largest absolute Gasteiger partial charge is 0.273 e. The first-order chi connectivity index (χ1) is 14.3. The third-order valence-corrected chi connectivity index (χ3v) is 4.51. The lowest BCUT2D eigenvalue weighted by Crippen LogP contribution is -2.54. The Morgan fingerprint density at radius 1 is 0.933 bits per heavy atom. The molecule has 0 atom stereocenters. The van der Waals surface area contributed by atoms with E-state index in [2.05, 4.69) is 0 Å². The molecular formula is C19H16N4O7. The molecule has 0 saturated carbocycles. The smallest absolute Gasteiger partial charge is 0.273 e. The number of non-ortho nitro benzene ring substituents is 2. The summed E-state index contributed by atoms with van der Waals surface area (Å²) in [5.41, 5.74) is -0.101. The summed E-state index contributed by atoms with van der Waals surface area (Å²) in [5.74, 6) is -1.90. The molecule has 2 aromatic carbocycles. The van der Waals surface area contributed by atoms with Gasteiger partial charge in [-0.3, -0.25) is 34.6 Å². The van der Waals surface area contributed by atoms with Gasteiger partial charge in [0, 0.05) is 42.7 Å². The number of nitro benzene ring substituents is 2. The van der Waals surface area contributed by atoms with Gasteiger partial charge in [0.05, 0.1) is 16.4 Å². The minimum atomic E-state index is -0.777. The van der Waals surface area contributed by atoms with Crippen LogP contribution in [-0.4, -0.2) is 37.6 Å². The average Bonchev–Trinajstić information content (AvgIpc) is 2.72. The van der Waals surface area contributed by atoms with Gasteiger partial charge >= 0.3 is 0 Å². The van der Waals surface area contributed by atoms with Crippen molar-refractivity contribution in [1.82, 2.24) is 10.0 Å². The lowest BCUT2D eigenvalue weighted by molar-refractivity contribution is -0.385. The molecule has 11 heteroatoms. The van der Waals surface area contributed by atoms with Gasteiger partial charge in [-0.15, -0.1) is 0 Å². The summed E-state index contributed by atoms with van der Waals surface area (Å²) in [6.07, 6.45) is 0.514. The molecule has 1 aliphatic heterocycles. The molecule has 0 radical (unpaired) electrons. The summed E-state index contributed by atoms with van der Waals surface area (Å²) in [4.78, 5) is 58.6. The second-order valence-corrected chi connectivity index (χ2v) is 6.55. The highest BCUT2D eigenvalue weighted by molar-refractivity contribution is 6.02. The highest BCUT2D eigenvalue weighted by atomic mass is 16.6. The first-order valence-electron chi connectivity index (χ1n) is 8.93. The Balaban J connectivity index is 1.98. The van der Waals surface area contributed by atoms with Gasteiger partial charge in [-0.1, -0.05) is 18.2 Å². The van der Waals surface area contributed by atoms with E-state index < -0.39 is 27.6 Å². The SMILES string of the molecule is O=C(c1cccc([N+](=O)[O-])c1)N(Cc1ccc([N+](=O)[O-])cc1)N1C(=O)CCCC1=O. The molecule has 1 heterocycles. The van der Waals surface area contributed by atoms with E-state index in [1.54, 1.807) is 0 Å². The van der Waals surface area contributed by atoms with Gasteiger partial charge in [0.15, 0.2) is 0 Å². The number of piperidine rings is 1. The van der Waals surface area contributed by atoms with Gasteiger partial charge in [0.1, 0.15) is 0 Å². The molecule has 1 aliphatic rings. The van der Waals surface area contributed by atoms with E-state index in [1.807, 2.05) is 0 Å². The lowest BCUT2D eigenvalue weighted by atomic mass is 10.1. The standard InChI is InChI=1S/C19H16N4O7/c24-17-5-2-6-18(25)21(17)20(12-13-7-9-15(10-8-13)22(27)28)19(26)14-3-1-4-16(11-14)23(29)30/h1,3-4,7-11H,2,5-6,12H2. The minimum Gasteiger partial charge on any atom is -0.273 e. The van der Waals surface area contributed by atoms with E-state index >= 15 is 0 Å². The Morgan fingerprint density at radius 3 is 2.10 bits per heavy atom. The number of nitrogens with zero attached hydrogens (tertiary/aromatic N) is 4. The molecule has 0 aromatic heterocycles. The molecule has 3 amide bonds. The van der Waals surface area contributed by atoms with Crippen LogP contribution in [0.5, 0.6) is 0 Å². The number of imide groups is 1. The van der Waals surface area contributed by atoms with Crippen molar-refractivity contribution < 1.29 is 24.2 Å². The van der Waals surface area contributed by atoms with Crippen LogP contribution >= 0.6 is 0 Å². The highest BCUT2D eigenvalue weighted by Gasteiger charge is 2.35. The number of hydrogen-bond donors (Lipinski definition) is 0. The summed E-state index contributed by atoms with van der Waals surface area (Å²) in [7, 11) is 0. The fourth-order valence-corrected chi connectivity index (χ4v) is 3.04. The van der Waals surface area contributed by atoms with Gasteiger partial charge in [-0.2, -0.15) is 5.01 Å². The molecular weight excluding hydrogens is 396 g/mol. The summed E-state index contributed by atoms with van der Waals surface area (Å²) in [5, 5.41) is 23.5. The zero-order chi connectivity index (χ0) is 21.8. The minimum absolute atomic E-state index is 0.0720. The van der Waals surface area contributed by atoms with Crippen molar-refractivity contribution in [3.05, 3.63) is 79.9 Å². The second-order valence-electron chi connectivity index (χ2n) is 6.55. The maximum atomic E-state index is 13.1. The van der Waals surface area contributed by atoms with E-state index in [1.165, 1.54) is 42.5 Å². The van der Waals surface area contributed by atoms with E-state index in [-0.39, 0.29) is 36.3 Å². The van der Waals surface area contributed by atoms with Crippen molar-refractivity contribution in [1.29, 1.82) is 0 Å². The van der Waals surface area contributed by atoms with E-state index in [9.17, 15) is 34.6 Å². The number of amides is 3. The maximum Gasteiger partial charge on any atom is 0.273 e. The zero-order valence-corrected chi connectivity index (χ0v) is 15.6. The number of rotatable bonds is 6. The van der Waals surface area contributed by atoms with Crippen molar-refractivity contribution in [2.24, 2.45) is 0 Å². The molecule has 2 aromatic rings. The molecule has 3 rings (SSSR count). The van der Waals surface area contributed by atoms with Crippen molar-refractivity contribution >= 4 is 29.1 Å². The van der Waals surface area contributed by atoms with Crippen molar-refractivity contribution in [3.8, 4) is 0 Å². The van der Waals surface area contributed by atoms with Crippen molar-refractivity contribution in [2.45, 2.75) is 25.8 Å². The molecule has 1 saturated heterocycles. The van der Waals surface area contributed by atoms with Crippen LogP contribution < -0.4 is 0 Å². The Labute approximate surface area is 169 Å². The number of hydrogen-bond acceptors (Lipinski definition) is 7. The molecule has 0 bridgehead atoms. The van der Waals surface area contributed by atoms with Crippen LogP contribution in [0.1, 0.15) is 35.2 Å². The van der Waals surface area contributed by atoms with Gasteiger partial charge in [-0.05, 0) is 18.1 Å². The zero-order valence-electron chi connectivity index (χ0n) is 15.6. The topological polar surface area (TPSA) is 144 Å². The van der Waals surface area contributed by atoms with Crippen LogP contribution in [-0.2, 0) is 16.1 Å². The molecule has 11 nitrogen and oxygen atoms in total. The lowest BCUT2D eigenvalue weighted by Gasteiger charge is -2.35. The van der Waals surface area contributed by atoms with Gasteiger partial charge in [0.2, 0.25) is 11.8 Å². The van der Waals surface area contributed by atoms with E-state index in [0.29, 0.717) is 12.0 Å². The Morgan fingerprint density at radius 2 is 1.53 bits per heavy atom. The quantitative estimate of drug-likeness (QED) is 0.403. The Bertz CT molecular complexity index is 1020. The van der Waals surface area contributed by atoms with Crippen LogP contribution in [0.15, 0.2) is 48.5 Å². The predicted octanol–water partition coefficient (Wildman–Crippen LogP) is 2.60. The maximum absolute atomic E-state index is 13.1. The third kappa shape index (κ3) is 4.29. The van der Waals surface area contributed by atoms with Crippen LogP contribution in [0, 0.1) is 20.2 Å². The van der Waals surface area contributed by atoms with Crippen LogP contribution in [0.4, 0.5) is 11.4 Å². The number of nitro groups is 2. The molecule has 1 fully saturated rings. The summed E-state index contributed by atoms with van der Waals surface area (Å²) < 4.78 is 0. The third-order valence-electron chi connectivity index (χ3n) is 4.51. The van der Waals surface area contributed by atoms with Crippen LogP contribution in [0.3, 0.4) is 0 Å². The van der Waals surface area contributed by atoms with Gasteiger partial charge < -0.3 is 0 Å². The van der Waals surface area contributed by atoms with Gasteiger partial charge in [0.25, 0.3) is 17.3 Å². The normalized spacial score (nSPS) is 13.8. The number of hydrazine groups is 1. The van der Waals surface area contributed by atoms with Crippen LogP contribution in [0.25, 0.3) is 0 Å². The summed E-state index contributed by atoms with van der Waals surface area (Å²) in [6, 6.07) is 10.2. The monoisotopic (exact) mass is 412 g/mol. The summed E-state index contributed by atoms with van der Waals surface area (Å²) >= 11 is 0. The highest BCUT2D eigenvalue weighted by Crippen LogP contribution is 2.22. The predicted molar refractivity (Wildman–Crippen MR) is 102 cm³/mol. The molecule has 0 N–H and O–H groups in total. The molecule has 154 valence electrons. The summed E-state index contributed by atoms with van der Waals surface area (Å²) in [6.45, 7) is -0.225. The number of benzene rings is 2. The molecule has 0 spiro atoms. The number of carbonyl (C=O) groups excluding carboxylic acids is 3. The van der Waals surface area contributed by atoms with Crippen molar-refractivity contribution in [2.75, 3.05) is 0 Å². The van der Waals surface area contributed by atoms with E-state index in [0.717, 1.165) is 16.1 Å². The first-order valence-corrected chi connectivity index (χ1v) is 8.93. The average molecular weight is 412 g/mol. The molecule has 0 unspecified atom stereocenters. The number of carbonyl (C=O) groups is 3. The Kier molecular flexibility index (Phi) is 5.81. The van der Waals surface area contributed by atoms with Gasteiger partial charge in [-0.25, -0.2) is 5.01 Å². The van der Waals surface area contributed by atoms with Crippen molar-refractivity contribution in [3.63, 3.8) is 0 Å². The second kappa shape index (κ2) is 8.47.